The monoisotopic (exact) mass is 237 g/mol. The van der Waals surface area contributed by atoms with Crippen LogP contribution in [-0.2, 0) is 0 Å². The zero-order valence-electron chi connectivity index (χ0n) is 10.7. The summed E-state index contributed by atoms with van der Waals surface area (Å²) in [5.41, 5.74) is 1.32. The average Bonchev–Trinajstić information content (AvgIpc) is 2.69. The number of rotatable bonds is 2. The molecule has 1 aromatic rings. The number of piperazine rings is 1. The van der Waals surface area contributed by atoms with Gasteiger partial charge in [-0.2, -0.15) is 0 Å². The van der Waals surface area contributed by atoms with E-state index in [1.165, 1.54) is 0 Å². The molecule has 1 aliphatic rings. The van der Waals surface area contributed by atoms with Gasteiger partial charge in [-0.05, 0) is 20.4 Å². The predicted octanol–water partition coefficient (Wildman–Crippen LogP) is 1.07. The van der Waals surface area contributed by atoms with Crippen molar-refractivity contribution >= 4 is 5.91 Å². The summed E-state index contributed by atoms with van der Waals surface area (Å²) in [7, 11) is 0. The molecule has 0 spiro atoms. The van der Waals surface area contributed by atoms with Crippen LogP contribution >= 0.6 is 0 Å². The van der Waals surface area contributed by atoms with E-state index in [4.69, 9.17) is 4.52 Å². The molecular formula is C12H19N3O2. The van der Waals surface area contributed by atoms with Crippen molar-refractivity contribution in [2.45, 2.75) is 20.8 Å². The van der Waals surface area contributed by atoms with Crippen LogP contribution in [-0.4, -0.2) is 53.6 Å². The highest BCUT2D eigenvalue weighted by Crippen LogP contribution is 2.14. The third-order valence-electron chi connectivity index (χ3n) is 3.47. The van der Waals surface area contributed by atoms with E-state index >= 15 is 0 Å². The minimum atomic E-state index is -0.00453. The predicted molar refractivity (Wildman–Crippen MR) is 64.0 cm³/mol. The van der Waals surface area contributed by atoms with Crippen LogP contribution in [0.15, 0.2) is 4.52 Å². The van der Waals surface area contributed by atoms with Gasteiger partial charge in [0.15, 0.2) is 5.69 Å². The van der Waals surface area contributed by atoms with Gasteiger partial charge in [0.1, 0.15) is 5.76 Å². The van der Waals surface area contributed by atoms with Gasteiger partial charge in [0.2, 0.25) is 0 Å². The Bertz CT molecular complexity index is 406. The summed E-state index contributed by atoms with van der Waals surface area (Å²) in [5, 5.41) is 3.85. The van der Waals surface area contributed by atoms with Crippen LogP contribution in [0.3, 0.4) is 0 Å². The smallest absolute Gasteiger partial charge is 0.276 e. The molecule has 94 valence electrons. The molecule has 1 aromatic heterocycles. The van der Waals surface area contributed by atoms with Crippen molar-refractivity contribution in [2.75, 3.05) is 32.7 Å². The first-order valence-electron chi connectivity index (χ1n) is 6.08. The molecule has 0 unspecified atom stereocenters. The Kier molecular flexibility index (Phi) is 3.47. The number of amides is 1. The molecule has 1 fully saturated rings. The number of carbonyl (C=O) groups is 1. The summed E-state index contributed by atoms with van der Waals surface area (Å²) in [6.07, 6.45) is 0. The highest BCUT2D eigenvalue weighted by molar-refractivity contribution is 5.93. The van der Waals surface area contributed by atoms with Crippen molar-refractivity contribution in [3.8, 4) is 0 Å². The summed E-state index contributed by atoms with van der Waals surface area (Å²) in [6.45, 7) is 10.3. The van der Waals surface area contributed by atoms with Gasteiger partial charge >= 0.3 is 0 Å². The van der Waals surface area contributed by atoms with Gasteiger partial charge in [-0.15, -0.1) is 0 Å². The molecule has 0 aromatic carbocycles. The van der Waals surface area contributed by atoms with Crippen LogP contribution in [0.2, 0.25) is 0 Å². The number of carbonyl (C=O) groups excluding carboxylic acids is 1. The number of nitrogens with zero attached hydrogens (tertiary/aromatic N) is 3. The van der Waals surface area contributed by atoms with Crippen molar-refractivity contribution in [1.82, 2.24) is 15.0 Å². The second kappa shape index (κ2) is 4.87. The van der Waals surface area contributed by atoms with Gasteiger partial charge in [-0.3, -0.25) is 4.79 Å². The second-order valence-corrected chi connectivity index (χ2v) is 4.44. The molecule has 0 bridgehead atoms. The van der Waals surface area contributed by atoms with Crippen LogP contribution in [0.25, 0.3) is 0 Å². The Hall–Kier alpha value is -1.36. The van der Waals surface area contributed by atoms with Crippen molar-refractivity contribution in [2.24, 2.45) is 0 Å². The highest BCUT2D eigenvalue weighted by Gasteiger charge is 2.25. The molecule has 0 aliphatic carbocycles. The molecule has 5 nitrogen and oxygen atoms in total. The summed E-state index contributed by atoms with van der Waals surface area (Å²) in [6, 6.07) is 0. The van der Waals surface area contributed by atoms with Crippen molar-refractivity contribution in [3.05, 3.63) is 17.0 Å². The van der Waals surface area contributed by atoms with Crippen LogP contribution < -0.4 is 0 Å². The van der Waals surface area contributed by atoms with Crippen LogP contribution in [0.5, 0.6) is 0 Å². The van der Waals surface area contributed by atoms with Gasteiger partial charge in [0.25, 0.3) is 5.91 Å². The molecule has 2 rings (SSSR count). The third kappa shape index (κ3) is 2.34. The van der Waals surface area contributed by atoms with Gasteiger partial charge < -0.3 is 14.3 Å². The lowest BCUT2D eigenvalue weighted by Gasteiger charge is -2.33. The van der Waals surface area contributed by atoms with Crippen LogP contribution in [0, 0.1) is 13.8 Å². The molecule has 5 heteroatoms. The Balaban J connectivity index is 2.04. The topological polar surface area (TPSA) is 49.6 Å². The van der Waals surface area contributed by atoms with Crippen molar-refractivity contribution < 1.29 is 9.32 Å². The number of aromatic nitrogens is 1. The Labute approximate surface area is 101 Å². The molecule has 1 aliphatic heterocycles. The van der Waals surface area contributed by atoms with Gasteiger partial charge in [-0.25, -0.2) is 0 Å². The van der Waals surface area contributed by atoms with Crippen LogP contribution in [0.4, 0.5) is 0 Å². The van der Waals surface area contributed by atoms with Gasteiger partial charge in [0, 0.05) is 31.7 Å². The number of hydrogen-bond donors (Lipinski definition) is 0. The Morgan fingerprint density at radius 3 is 2.41 bits per heavy atom. The van der Waals surface area contributed by atoms with Gasteiger partial charge in [0.05, 0.1) is 0 Å². The van der Waals surface area contributed by atoms with Crippen LogP contribution in [0.1, 0.15) is 28.7 Å². The van der Waals surface area contributed by atoms with E-state index in [9.17, 15) is 4.79 Å². The Morgan fingerprint density at radius 1 is 1.29 bits per heavy atom. The lowest BCUT2D eigenvalue weighted by molar-refractivity contribution is 0.0632. The summed E-state index contributed by atoms with van der Waals surface area (Å²) in [4.78, 5) is 16.4. The zero-order chi connectivity index (χ0) is 12.4. The molecule has 1 saturated heterocycles. The lowest BCUT2D eigenvalue weighted by Crippen LogP contribution is -2.48. The molecule has 0 atom stereocenters. The normalized spacial score (nSPS) is 17.5. The summed E-state index contributed by atoms with van der Waals surface area (Å²) in [5.74, 6) is 0.718. The molecule has 17 heavy (non-hydrogen) atoms. The third-order valence-corrected chi connectivity index (χ3v) is 3.47. The Morgan fingerprint density at radius 2 is 1.94 bits per heavy atom. The summed E-state index contributed by atoms with van der Waals surface area (Å²) < 4.78 is 5.04. The van der Waals surface area contributed by atoms with E-state index in [1.54, 1.807) is 0 Å². The zero-order valence-corrected chi connectivity index (χ0v) is 10.7. The van der Waals surface area contributed by atoms with Crippen molar-refractivity contribution in [1.29, 1.82) is 0 Å². The van der Waals surface area contributed by atoms with Crippen molar-refractivity contribution in [3.63, 3.8) is 0 Å². The molecule has 0 N–H and O–H groups in total. The minimum absolute atomic E-state index is 0.00453. The maximum Gasteiger partial charge on any atom is 0.276 e. The molecule has 0 saturated carbocycles. The molecular weight excluding hydrogens is 218 g/mol. The summed E-state index contributed by atoms with van der Waals surface area (Å²) >= 11 is 0. The quantitative estimate of drug-likeness (QED) is 0.772. The largest absolute Gasteiger partial charge is 0.361 e. The minimum Gasteiger partial charge on any atom is -0.361 e. The van der Waals surface area contributed by atoms with E-state index < -0.39 is 0 Å². The maximum absolute atomic E-state index is 12.2. The first-order valence-corrected chi connectivity index (χ1v) is 6.08. The number of aryl methyl sites for hydroxylation is 1. The average molecular weight is 237 g/mol. The van der Waals surface area contributed by atoms with E-state index in [-0.39, 0.29) is 5.91 Å². The lowest BCUT2D eigenvalue weighted by atomic mass is 10.2. The second-order valence-electron chi connectivity index (χ2n) is 4.44. The van der Waals surface area contributed by atoms with E-state index in [2.05, 4.69) is 17.0 Å². The fraction of sp³-hybridized carbons (Fsp3) is 0.667. The van der Waals surface area contributed by atoms with E-state index in [1.807, 2.05) is 18.7 Å². The SMILES string of the molecule is CCN1CCN(C(=O)c2noc(C)c2C)CC1. The molecule has 1 amide bonds. The number of likely N-dealkylation sites (N-methyl/N-ethyl adjacent to an activating group) is 1. The van der Waals surface area contributed by atoms with E-state index in [0.29, 0.717) is 5.69 Å². The fourth-order valence-electron chi connectivity index (χ4n) is 2.03. The fourth-order valence-corrected chi connectivity index (χ4v) is 2.03. The first-order chi connectivity index (χ1) is 8.13. The first kappa shape index (κ1) is 12.1. The van der Waals surface area contributed by atoms with Gasteiger partial charge in [-0.1, -0.05) is 12.1 Å². The standard InChI is InChI=1S/C12H19N3O2/c1-4-14-5-7-15(8-6-14)12(16)11-9(2)10(3)17-13-11/h4-8H2,1-3H3. The molecule has 2 heterocycles. The van der Waals surface area contributed by atoms with E-state index in [0.717, 1.165) is 44.0 Å². The maximum atomic E-state index is 12.2. The highest BCUT2D eigenvalue weighted by atomic mass is 16.5. The molecule has 0 radical (unpaired) electrons. The number of hydrogen-bond acceptors (Lipinski definition) is 4.